The molecular weight excluding hydrogens is 609 g/mol. The molecule has 46 heavy (non-hydrogen) atoms. The number of hydrogen-bond donors (Lipinski definition) is 0. The third-order valence-corrected chi connectivity index (χ3v) is 19.0. The minimum atomic E-state index is -2.77. The van der Waals surface area contributed by atoms with Gasteiger partial charge in [0.05, 0.1) is 27.4 Å². The van der Waals surface area contributed by atoms with E-state index in [1.165, 1.54) is 10.4 Å². The molecule has 8 heteroatoms. The molecule has 0 N–H and O–H groups in total. The van der Waals surface area contributed by atoms with Gasteiger partial charge in [-0.25, -0.2) is 0 Å². The van der Waals surface area contributed by atoms with Crippen molar-refractivity contribution in [2.75, 3.05) is 27.4 Å². The number of hydrogen-bond acceptors (Lipinski definition) is 6. The van der Waals surface area contributed by atoms with Crippen LogP contribution < -0.4 is 19.8 Å². The Hall–Kier alpha value is -2.76. The summed E-state index contributed by atoms with van der Waals surface area (Å²) in [7, 11) is -1.79. The van der Waals surface area contributed by atoms with Crippen molar-refractivity contribution in [3.05, 3.63) is 84.4 Å². The van der Waals surface area contributed by atoms with E-state index in [1.54, 1.807) is 14.2 Å². The summed E-state index contributed by atoms with van der Waals surface area (Å²) >= 11 is 0. The zero-order valence-electron chi connectivity index (χ0n) is 29.9. The van der Waals surface area contributed by atoms with E-state index in [2.05, 4.69) is 122 Å². The van der Waals surface area contributed by atoms with Gasteiger partial charge in [-0.1, -0.05) is 115 Å². The Kier molecular flexibility index (Phi) is 13.0. The Balaban J connectivity index is 1.96. The Morgan fingerprint density at radius 3 is 1.74 bits per heavy atom. The number of ether oxygens (including phenoxy) is 3. The van der Waals surface area contributed by atoms with Crippen LogP contribution >= 0.6 is 0 Å². The number of aldehydes is 1. The predicted octanol–water partition coefficient (Wildman–Crippen LogP) is 7.64. The molecule has 3 rings (SSSR count). The smallest absolute Gasteiger partial charge is 0.261 e. The summed E-state index contributed by atoms with van der Waals surface area (Å²) in [5.74, 6) is 1.07. The van der Waals surface area contributed by atoms with Crippen LogP contribution in [0.2, 0.25) is 23.2 Å². The van der Waals surface area contributed by atoms with Gasteiger partial charge in [0.2, 0.25) is 0 Å². The molecule has 0 radical (unpaired) electrons. The van der Waals surface area contributed by atoms with Gasteiger partial charge in [0.25, 0.3) is 8.32 Å². The highest BCUT2D eigenvalue weighted by molar-refractivity contribution is 6.99. The minimum absolute atomic E-state index is 0.0352. The van der Waals surface area contributed by atoms with E-state index >= 15 is 0 Å². The van der Waals surface area contributed by atoms with Crippen molar-refractivity contribution in [3.63, 3.8) is 0 Å². The predicted molar refractivity (Wildman–Crippen MR) is 194 cm³/mol. The van der Waals surface area contributed by atoms with E-state index < -0.39 is 22.7 Å². The van der Waals surface area contributed by atoms with Crippen molar-refractivity contribution in [3.8, 4) is 11.5 Å². The summed E-state index contributed by atoms with van der Waals surface area (Å²) in [6.45, 7) is 21.1. The normalized spacial score (nSPS) is 14.8. The molecule has 0 spiro atoms. The van der Waals surface area contributed by atoms with Gasteiger partial charge in [-0.2, -0.15) is 0 Å². The van der Waals surface area contributed by atoms with Gasteiger partial charge in [-0.3, -0.25) is 0 Å². The van der Waals surface area contributed by atoms with Crippen LogP contribution in [0.25, 0.3) is 0 Å². The third-order valence-electron chi connectivity index (χ3n) is 9.53. The molecule has 0 aromatic heterocycles. The molecule has 3 aromatic carbocycles. The fraction of sp³-hybridized carbons (Fsp3) is 0.500. The van der Waals surface area contributed by atoms with Crippen LogP contribution in [0.15, 0.2) is 78.9 Å². The molecule has 0 saturated heterocycles. The van der Waals surface area contributed by atoms with E-state index in [0.717, 1.165) is 11.8 Å². The van der Waals surface area contributed by atoms with Crippen molar-refractivity contribution in [2.24, 2.45) is 11.8 Å². The zero-order valence-corrected chi connectivity index (χ0v) is 31.9. The molecule has 6 nitrogen and oxygen atoms in total. The molecule has 0 saturated carbocycles. The summed E-state index contributed by atoms with van der Waals surface area (Å²) in [6.07, 6.45) is 0.355. The molecule has 0 aliphatic heterocycles. The van der Waals surface area contributed by atoms with E-state index in [4.69, 9.17) is 23.1 Å². The molecule has 0 aliphatic rings. The minimum Gasteiger partial charge on any atom is -0.493 e. The summed E-state index contributed by atoms with van der Waals surface area (Å²) in [4.78, 5) is 12.8. The van der Waals surface area contributed by atoms with Crippen molar-refractivity contribution in [2.45, 2.75) is 84.3 Å². The van der Waals surface area contributed by atoms with Gasteiger partial charge in [0, 0.05) is 12.5 Å². The van der Waals surface area contributed by atoms with Crippen LogP contribution in [0.3, 0.4) is 0 Å². The summed E-state index contributed by atoms with van der Waals surface area (Å²) in [6, 6.07) is 27.1. The Bertz CT molecular complexity index is 1330. The number of carbonyl (C=O) groups is 1. The maximum Gasteiger partial charge on any atom is 0.261 e. The first-order valence-electron chi connectivity index (χ1n) is 16.3. The second-order valence-electron chi connectivity index (χ2n) is 14.8. The molecule has 3 aromatic rings. The van der Waals surface area contributed by atoms with Crippen LogP contribution in [-0.4, -0.2) is 56.5 Å². The first kappa shape index (κ1) is 37.7. The molecule has 0 aliphatic carbocycles. The van der Waals surface area contributed by atoms with E-state index in [0.29, 0.717) is 31.3 Å². The Morgan fingerprint density at radius 2 is 1.28 bits per heavy atom. The van der Waals surface area contributed by atoms with Gasteiger partial charge in [-0.05, 0) is 57.2 Å². The van der Waals surface area contributed by atoms with Gasteiger partial charge in [0.1, 0.15) is 12.4 Å². The van der Waals surface area contributed by atoms with Crippen LogP contribution in [0.5, 0.6) is 11.5 Å². The maximum atomic E-state index is 12.8. The van der Waals surface area contributed by atoms with Crippen LogP contribution in [0.4, 0.5) is 0 Å². The Labute approximate surface area is 280 Å². The number of benzene rings is 3. The lowest BCUT2D eigenvalue weighted by atomic mass is 9.91. The van der Waals surface area contributed by atoms with Gasteiger partial charge in [-0.15, -0.1) is 0 Å². The lowest BCUT2D eigenvalue weighted by molar-refractivity contribution is -0.119. The third kappa shape index (κ3) is 8.78. The number of rotatable bonds is 16. The summed E-state index contributed by atoms with van der Waals surface area (Å²) in [5.41, 5.74) is 0.959. The van der Waals surface area contributed by atoms with Crippen LogP contribution in [-0.2, 0) is 25.0 Å². The first-order valence-corrected chi connectivity index (χ1v) is 21.1. The lowest BCUT2D eigenvalue weighted by Crippen LogP contribution is -2.67. The molecule has 0 unspecified atom stereocenters. The molecular formula is C38H56O6Si2. The van der Waals surface area contributed by atoms with E-state index in [1.807, 2.05) is 18.2 Å². The second kappa shape index (κ2) is 15.9. The fourth-order valence-corrected chi connectivity index (χ4v) is 11.7. The highest BCUT2D eigenvalue weighted by atomic mass is 28.4. The van der Waals surface area contributed by atoms with Gasteiger partial charge < -0.3 is 27.9 Å². The fourth-order valence-electron chi connectivity index (χ4n) is 5.74. The van der Waals surface area contributed by atoms with Crippen molar-refractivity contribution < 1.29 is 27.9 Å². The maximum absolute atomic E-state index is 12.8. The van der Waals surface area contributed by atoms with E-state index in [-0.39, 0.29) is 21.9 Å². The highest BCUT2D eigenvalue weighted by Gasteiger charge is 2.51. The second-order valence-corrected chi connectivity index (χ2v) is 23.9. The van der Waals surface area contributed by atoms with Crippen molar-refractivity contribution in [1.29, 1.82) is 0 Å². The Morgan fingerprint density at radius 1 is 0.739 bits per heavy atom. The molecule has 252 valence electrons. The molecule has 0 bridgehead atoms. The monoisotopic (exact) mass is 664 g/mol. The lowest BCUT2D eigenvalue weighted by Gasteiger charge is -2.45. The summed E-state index contributed by atoms with van der Waals surface area (Å²) in [5, 5.41) is 2.25. The van der Waals surface area contributed by atoms with E-state index in [9.17, 15) is 4.79 Å². The van der Waals surface area contributed by atoms with Crippen molar-refractivity contribution >= 4 is 33.3 Å². The molecule has 0 heterocycles. The summed E-state index contributed by atoms with van der Waals surface area (Å²) < 4.78 is 31.4. The van der Waals surface area contributed by atoms with Gasteiger partial charge in [0.15, 0.2) is 19.8 Å². The molecule has 0 fully saturated rings. The first-order chi connectivity index (χ1) is 21.6. The van der Waals surface area contributed by atoms with Crippen molar-refractivity contribution in [1.82, 2.24) is 0 Å². The van der Waals surface area contributed by atoms with Gasteiger partial charge >= 0.3 is 0 Å². The topological polar surface area (TPSA) is 63.2 Å². The average Bonchev–Trinajstić information content (AvgIpc) is 3.02. The SMILES string of the molecule is COc1ccc(COC[C@H]([C@@H](C)CO[Si](c2ccccc2)(c2ccccc2)C(C)(C)C)[C@@H](C=O)O[Si](C)(C)C(C)(C)C)cc1OC. The standard InChI is InChI=1S/C38H56O6Si2/c1-29(26-43-46(38(5,6)7,31-18-14-12-15-19-31)32-20-16-13-17-21-32)33(36(25-39)44-45(10,11)37(2,3)4)28-42-27-30-22-23-34(40-8)35(24-30)41-9/h12-25,29,33,36H,26-28H2,1-11H3/t29-,33+,36+/m0/s1. The quantitative estimate of drug-likeness (QED) is 0.116. The average molecular weight is 665 g/mol. The molecule has 3 atom stereocenters. The number of methoxy groups -OCH3 is 2. The zero-order chi connectivity index (χ0) is 34.2. The molecule has 0 amide bonds. The largest absolute Gasteiger partial charge is 0.493 e. The highest BCUT2D eigenvalue weighted by Crippen LogP contribution is 2.40. The van der Waals surface area contributed by atoms with Crippen LogP contribution in [0.1, 0.15) is 54.0 Å². The number of carbonyl (C=O) groups excluding carboxylic acids is 1. The van der Waals surface area contributed by atoms with Crippen LogP contribution in [0, 0.1) is 11.8 Å².